The Labute approximate surface area is 171 Å². The second-order valence-electron chi connectivity index (χ2n) is 6.23. The fraction of sp³-hybridized carbons (Fsp3) is 0.200. The van der Waals surface area contributed by atoms with E-state index in [2.05, 4.69) is 10.1 Å². The standard InChI is InChI=1S/C20H17ClN4O2S/c1-3-16(26)24-15-11-7-5-9-13(15)17-18(27)22-20(28-2)23-25(17)19(24)12-8-4-6-10-14(12)21/h4-11,19H,3H2,1-2H3. The number of benzene rings is 2. The lowest BCUT2D eigenvalue weighted by Crippen LogP contribution is -2.59. The molecule has 0 saturated carbocycles. The van der Waals surface area contributed by atoms with Crippen LogP contribution in [0.25, 0.3) is 11.3 Å². The first-order valence-corrected chi connectivity index (χ1v) is 10.4. The molecule has 3 aromatic rings. The molecule has 0 N–H and O–H groups in total. The van der Waals surface area contributed by atoms with Crippen LogP contribution in [0.5, 0.6) is 5.88 Å². The molecule has 0 spiro atoms. The number of hydrogen-bond donors (Lipinski definition) is 0. The molecule has 1 unspecified atom stereocenters. The van der Waals surface area contributed by atoms with Gasteiger partial charge < -0.3 is 5.11 Å². The first-order chi connectivity index (χ1) is 13.6. The predicted molar refractivity (Wildman–Crippen MR) is 106 cm³/mol. The molecule has 1 atom stereocenters. The van der Waals surface area contributed by atoms with Crippen LogP contribution in [0.4, 0.5) is 5.69 Å². The molecule has 8 heteroatoms. The summed E-state index contributed by atoms with van der Waals surface area (Å²) in [6, 6.07) is 14.6. The number of carbonyl (C=O) groups excluding carboxylic acids is 1. The lowest BCUT2D eigenvalue weighted by Gasteiger charge is -2.33. The molecule has 1 aromatic heterocycles. The molecular formula is C20H17ClN4O2S. The third-order valence-corrected chi connectivity index (χ3v) is 5.54. The van der Waals surface area contributed by atoms with Gasteiger partial charge in [-0.1, -0.05) is 59.2 Å². The van der Waals surface area contributed by atoms with Crippen molar-refractivity contribution in [1.82, 2.24) is 10.1 Å². The molecule has 0 bridgehead atoms. The number of aromatic nitrogens is 3. The Morgan fingerprint density at radius 1 is 1.25 bits per heavy atom. The molecule has 1 amide bonds. The van der Waals surface area contributed by atoms with Gasteiger partial charge in [0, 0.05) is 11.5 Å². The number of amides is 1. The van der Waals surface area contributed by atoms with E-state index >= 15 is 0 Å². The lowest BCUT2D eigenvalue weighted by atomic mass is 10.0. The summed E-state index contributed by atoms with van der Waals surface area (Å²) < 4.78 is 1.58. The van der Waals surface area contributed by atoms with Crippen LogP contribution < -0.4 is 14.7 Å². The van der Waals surface area contributed by atoms with Crippen LogP contribution in [0.1, 0.15) is 25.1 Å². The Morgan fingerprint density at radius 2 is 1.96 bits per heavy atom. The number of hydrogen-bond acceptors (Lipinski definition) is 5. The van der Waals surface area contributed by atoms with Crippen molar-refractivity contribution in [2.24, 2.45) is 0 Å². The van der Waals surface area contributed by atoms with Crippen LogP contribution in [0.2, 0.25) is 5.02 Å². The number of anilines is 1. The normalized spacial score (nSPS) is 15.1. The number of nitrogens with zero attached hydrogens (tertiary/aromatic N) is 4. The van der Waals surface area contributed by atoms with E-state index in [9.17, 15) is 9.90 Å². The number of halogens is 1. The van der Waals surface area contributed by atoms with Crippen LogP contribution in [-0.4, -0.2) is 22.2 Å². The van der Waals surface area contributed by atoms with Crippen LogP contribution in [-0.2, 0) is 4.79 Å². The Hall–Kier alpha value is -2.64. The molecule has 2 heterocycles. The van der Waals surface area contributed by atoms with E-state index in [0.717, 1.165) is 0 Å². The number of thioether (sulfide) groups is 1. The van der Waals surface area contributed by atoms with Crippen LogP contribution in [0.15, 0.2) is 53.7 Å². The van der Waals surface area contributed by atoms with E-state index in [-0.39, 0.29) is 11.8 Å². The highest BCUT2D eigenvalue weighted by Gasteiger charge is 2.45. The zero-order valence-electron chi connectivity index (χ0n) is 15.3. The van der Waals surface area contributed by atoms with Gasteiger partial charge in [0.15, 0.2) is 0 Å². The van der Waals surface area contributed by atoms with Crippen molar-refractivity contribution in [2.45, 2.75) is 24.7 Å². The Balaban J connectivity index is 2.10. The van der Waals surface area contributed by atoms with Crippen molar-refractivity contribution in [3.05, 3.63) is 59.1 Å². The summed E-state index contributed by atoms with van der Waals surface area (Å²) in [4.78, 5) is 18.8. The molecule has 1 aliphatic rings. The zero-order chi connectivity index (χ0) is 19.8. The van der Waals surface area contributed by atoms with Crippen LogP contribution in [0.3, 0.4) is 0 Å². The van der Waals surface area contributed by atoms with Gasteiger partial charge >= 0.3 is 0 Å². The Kier molecular flexibility index (Phi) is 4.95. The maximum atomic E-state index is 13.0. The fourth-order valence-electron chi connectivity index (χ4n) is 3.43. The molecule has 4 rings (SSSR count). The van der Waals surface area contributed by atoms with Crippen molar-refractivity contribution >= 4 is 35.0 Å². The molecule has 0 radical (unpaired) electrons. The van der Waals surface area contributed by atoms with Crippen molar-refractivity contribution in [3.8, 4) is 17.1 Å². The first kappa shape index (κ1) is 18.7. The number of rotatable bonds is 3. The van der Waals surface area contributed by atoms with Crippen molar-refractivity contribution in [1.29, 1.82) is 0 Å². The highest BCUT2D eigenvalue weighted by Crippen LogP contribution is 2.42. The number of carbonyl (C=O) groups is 1. The summed E-state index contributed by atoms with van der Waals surface area (Å²) in [5.74, 6) is -0.472. The van der Waals surface area contributed by atoms with Crippen molar-refractivity contribution in [3.63, 3.8) is 0 Å². The number of fused-ring (bicyclic) bond motifs is 3. The van der Waals surface area contributed by atoms with Gasteiger partial charge in [0.05, 0.1) is 27.7 Å². The summed E-state index contributed by atoms with van der Waals surface area (Å²) in [6.07, 6.45) is 1.43. The maximum absolute atomic E-state index is 13.0. The molecule has 1 aliphatic heterocycles. The first-order valence-electron chi connectivity index (χ1n) is 8.77. The Morgan fingerprint density at radius 3 is 2.68 bits per heavy atom. The molecule has 142 valence electrons. The van der Waals surface area contributed by atoms with Crippen LogP contribution in [0, 0.1) is 0 Å². The fourth-order valence-corrected chi connectivity index (χ4v) is 4.00. The van der Waals surface area contributed by atoms with Gasteiger partial charge in [0.25, 0.3) is 17.0 Å². The van der Waals surface area contributed by atoms with Crippen LogP contribution >= 0.6 is 23.4 Å². The predicted octanol–water partition coefficient (Wildman–Crippen LogP) is 3.18. The van der Waals surface area contributed by atoms with Crippen molar-refractivity contribution < 1.29 is 14.6 Å². The summed E-state index contributed by atoms with van der Waals surface area (Å²) in [6.45, 7) is 1.81. The summed E-state index contributed by atoms with van der Waals surface area (Å²) in [5.41, 5.74) is 2.32. The minimum atomic E-state index is -0.673. The second-order valence-corrected chi connectivity index (χ2v) is 7.41. The summed E-state index contributed by atoms with van der Waals surface area (Å²) in [7, 11) is 0. The van der Waals surface area contributed by atoms with Crippen molar-refractivity contribution in [2.75, 3.05) is 11.2 Å². The zero-order valence-corrected chi connectivity index (χ0v) is 16.9. The molecule has 28 heavy (non-hydrogen) atoms. The molecular weight excluding hydrogens is 396 g/mol. The summed E-state index contributed by atoms with van der Waals surface area (Å²) in [5, 5.41) is 18.3. The molecule has 2 aromatic carbocycles. The second kappa shape index (κ2) is 7.41. The molecule has 0 saturated heterocycles. The monoisotopic (exact) mass is 412 g/mol. The highest BCUT2D eigenvalue weighted by molar-refractivity contribution is 7.98. The van der Waals surface area contributed by atoms with E-state index < -0.39 is 6.17 Å². The highest BCUT2D eigenvalue weighted by atomic mass is 35.5. The van der Waals surface area contributed by atoms with E-state index in [1.54, 1.807) is 28.8 Å². The largest absolute Gasteiger partial charge is 0.854 e. The average Bonchev–Trinajstić information content (AvgIpc) is 2.72. The van der Waals surface area contributed by atoms with Gasteiger partial charge in [0.1, 0.15) is 0 Å². The molecule has 0 fully saturated rings. The third-order valence-electron chi connectivity index (χ3n) is 4.65. The van der Waals surface area contributed by atoms with Gasteiger partial charge in [-0.05, 0) is 30.5 Å². The Bertz CT molecular complexity index is 1080. The lowest BCUT2D eigenvalue weighted by molar-refractivity contribution is -0.764. The van der Waals surface area contributed by atoms with Gasteiger partial charge in [-0.2, -0.15) is 0 Å². The van der Waals surface area contributed by atoms with E-state index in [4.69, 9.17) is 11.6 Å². The molecule has 0 aliphatic carbocycles. The van der Waals surface area contributed by atoms with E-state index in [1.807, 2.05) is 42.5 Å². The summed E-state index contributed by atoms with van der Waals surface area (Å²) >= 11 is 7.77. The van der Waals surface area contributed by atoms with E-state index in [0.29, 0.717) is 39.1 Å². The smallest absolute Gasteiger partial charge is 0.294 e. The number of para-hydroxylation sites is 1. The average molecular weight is 413 g/mol. The molecule has 6 nitrogen and oxygen atoms in total. The van der Waals surface area contributed by atoms with Gasteiger partial charge in [-0.3, -0.25) is 4.79 Å². The van der Waals surface area contributed by atoms with Gasteiger partial charge in [-0.25, -0.2) is 9.88 Å². The quantitative estimate of drug-likeness (QED) is 0.488. The minimum Gasteiger partial charge on any atom is -0.854 e. The van der Waals surface area contributed by atoms with Gasteiger partial charge in [0.2, 0.25) is 5.91 Å². The maximum Gasteiger partial charge on any atom is 0.294 e. The van der Waals surface area contributed by atoms with Gasteiger partial charge in [-0.15, -0.1) is 0 Å². The SMILES string of the molecule is CCC(=O)N1c2ccccc2-c2c([O-])nc(SC)n[n+]2C1c1ccccc1Cl. The minimum absolute atomic E-state index is 0.0905. The van der Waals surface area contributed by atoms with E-state index in [1.165, 1.54) is 11.8 Å². The topological polar surface area (TPSA) is 73.0 Å². The third kappa shape index (κ3) is 2.91.